The Bertz CT molecular complexity index is 1210. The Morgan fingerprint density at radius 3 is 2.37 bits per heavy atom. The first-order valence-electron chi connectivity index (χ1n) is 12.6. The molecule has 0 spiro atoms. The maximum absolute atomic E-state index is 13.6. The van der Waals surface area contributed by atoms with Gasteiger partial charge in [0.2, 0.25) is 0 Å². The zero-order valence-electron chi connectivity index (χ0n) is 22.1. The Morgan fingerprint density at radius 1 is 1.08 bits per heavy atom. The Kier molecular flexibility index (Phi) is 8.31. The lowest BCUT2D eigenvalue weighted by molar-refractivity contribution is -0.139. The van der Waals surface area contributed by atoms with Gasteiger partial charge in [-0.1, -0.05) is 12.1 Å². The van der Waals surface area contributed by atoms with Gasteiger partial charge in [-0.3, -0.25) is 14.6 Å². The molecule has 4 rings (SSSR count). The molecule has 0 bridgehead atoms. The van der Waals surface area contributed by atoms with E-state index in [9.17, 15) is 18.8 Å². The molecule has 2 aliphatic heterocycles. The van der Waals surface area contributed by atoms with Crippen LogP contribution < -0.4 is 10.1 Å². The second-order valence-corrected chi connectivity index (χ2v) is 9.39. The molecule has 1 N–H and O–H groups in total. The molecule has 2 aliphatic rings. The zero-order chi connectivity index (χ0) is 27.4. The number of carbonyl (C=O) groups excluding carboxylic acids is 3. The highest BCUT2D eigenvalue weighted by atomic mass is 19.1. The molecule has 2 heterocycles. The number of methoxy groups -OCH3 is 1. The van der Waals surface area contributed by atoms with E-state index in [-0.39, 0.29) is 24.6 Å². The van der Waals surface area contributed by atoms with Gasteiger partial charge in [-0.25, -0.2) is 14.0 Å². The van der Waals surface area contributed by atoms with Crippen LogP contribution in [0.4, 0.5) is 9.18 Å². The summed E-state index contributed by atoms with van der Waals surface area (Å²) in [5.74, 6) is -0.322. The number of benzene rings is 2. The van der Waals surface area contributed by atoms with Gasteiger partial charge < -0.3 is 19.7 Å². The highest BCUT2D eigenvalue weighted by Crippen LogP contribution is 2.32. The second-order valence-electron chi connectivity index (χ2n) is 9.39. The summed E-state index contributed by atoms with van der Waals surface area (Å²) in [7, 11) is 3.19. The van der Waals surface area contributed by atoms with Gasteiger partial charge in [-0.2, -0.15) is 0 Å². The van der Waals surface area contributed by atoms with E-state index in [2.05, 4.69) is 10.2 Å². The van der Waals surface area contributed by atoms with Crippen molar-refractivity contribution in [1.82, 2.24) is 20.0 Å². The van der Waals surface area contributed by atoms with Crippen molar-refractivity contribution in [2.24, 2.45) is 0 Å². The Morgan fingerprint density at radius 2 is 1.76 bits per heavy atom. The van der Waals surface area contributed by atoms with Crippen molar-refractivity contribution in [3.63, 3.8) is 0 Å². The van der Waals surface area contributed by atoms with E-state index in [0.29, 0.717) is 54.3 Å². The van der Waals surface area contributed by atoms with Crippen molar-refractivity contribution in [3.8, 4) is 5.75 Å². The number of nitrogens with one attached hydrogen (secondary N) is 1. The molecule has 0 unspecified atom stereocenters. The first-order valence-corrected chi connectivity index (χ1v) is 12.6. The van der Waals surface area contributed by atoms with Gasteiger partial charge in [-0.05, 0) is 55.8 Å². The first kappa shape index (κ1) is 27.1. The highest BCUT2D eigenvalue weighted by molar-refractivity contribution is 5.95. The van der Waals surface area contributed by atoms with Crippen molar-refractivity contribution < 1.29 is 28.2 Å². The average molecular weight is 525 g/mol. The van der Waals surface area contributed by atoms with Gasteiger partial charge in [0.15, 0.2) is 0 Å². The summed E-state index contributed by atoms with van der Waals surface area (Å²) < 4.78 is 24.1. The molecule has 9 nitrogen and oxygen atoms in total. The Balaban J connectivity index is 1.57. The highest BCUT2D eigenvalue weighted by Gasteiger charge is 2.38. The number of piperazine rings is 1. The van der Waals surface area contributed by atoms with Gasteiger partial charge in [0.25, 0.3) is 5.91 Å². The van der Waals surface area contributed by atoms with Crippen LogP contribution in [0.2, 0.25) is 0 Å². The summed E-state index contributed by atoms with van der Waals surface area (Å²) in [6.07, 6.45) is 0. The molecule has 2 atom stereocenters. The van der Waals surface area contributed by atoms with Crippen LogP contribution in [-0.4, -0.2) is 85.6 Å². The maximum Gasteiger partial charge on any atom is 0.338 e. The van der Waals surface area contributed by atoms with Crippen LogP contribution in [0.25, 0.3) is 0 Å². The van der Waals surface area contributed by atoms with Crippen molar-refractivity contribution >= 4 is 17.9 Å². The van der Waals surface area contributed by atoms with Gasteiger partial charge >= 0.3 is 12.0 Å². The van der Waals surface area contributed by atoms with Crippen LogP contribution in [0.3, 0.4) is 0 Å². The fourth-order valence-electron chi connectivity index (χ4n) is 4.89. The summed E-state index contributed by atoms with van der Waals surface area (Å²) in [5.41, 5.74) is 1.99. The number of carbonyl (C=O) groups is 3. The predicted molar refractivity (Wildman–Crippen MR) is 139 cm³/mol. The smallest absolute Gasteiger partial charge is 0.338 e. The number of hydrogen-bond acceptors (Lipinski definition) is 6. The topological polar surface area (TPSA) is 91.4 Å². The summed E-state index contributed by atoms with van der Waals surface area (Å²) in [6.45, 7) is 5.78. The van der Waals surface area contributed by atoms with Gasteiger partial charge in [0, 0.05) is 50.5 Å². The molecule has 1 saturated heterocycles. The fourth-order valence-corrected chi connectivity index (χ4v) is 4.89. The summed E-state index contributed by atoms with van der Waals surface area (Å²) in [5, 5.41) is 2.84. The monoisotopic (exact) mass is 524 g/mol. The first-order chi connectivity index (χ1) is 18.2. The summed E-state index contributed by atoms with van der Waals surface area (Å²) >= 11 is 0. The van der Waals surface area contributed by atoms with Crippen LogP contribution in [0.15, 0.2) is 59.8 Å². The number of esters is 1. The third-order valence-electron chi connectivity index (χ3n) is 6.96. The lowest BCUT2D eigenvalue weighted by Gasteiger charge is -2.42. The largest absolute Gasteiger partial charge is 0.497 e. The van der Waals surface area contributed by atoms with Crippen LogP contribution in [0.5, 0.6) is 5.75 Å². The van der Waals surface area contributed by atoms with Gasteiger partial charge in [0.05, 0.1) is 25.3 Å². The van der Waals surface area contributed by atoms with E-state index in [0.717, 1.165) is 0 Å². The molecule has 2 aromatic carbocycles. The maximum atomic E-state index is 13.6. The second kappa shape index (κ2) is 11.6. The molecule has 202 valence electrons. The van der Waals surface area contributed by atoms with E-state index in [1.165, 1.54) is 17.0 Å². The lowest BCUT2D eigenvalue weighted by atomic mass is 9.94. The molecule has 0 saturated carbocycles. The van der Waals surface area contributed by atoms with E-state index >= 15 is 0 Å². The molecular weight excluding hydrogens is 491 g/mol. The minimum Gasteiger partial charge on any atom is -0.497 e. The van der Waals surface area contributed by atoms with E-state index in [1.807, 2.05) is 11.8 Å². The molecule has 0 radical (unpaired) electrons. The number of urea groups is 1. The normalized spacial score (nSPS) is 20.3. The number of likely N-dealkylation sites (N-methyl/N-ethyl adjacent to an activating group) is 1. The van der Waals surface area contributed by atoms with Crippen LogP contribution in [0, 0.1) is 5.82 Å². The molecule has 0 aromatic heterocycles. The number of ether oxygens (including phenoxy) is 2. The minimum atomic E-state index is -0.774. The van der Waals surface area contributed by atoms with Gasteiger partial charge in [-0.15, -0.1) is 0 Å². The number of nitrogens with zero attached hydrogens (tertiary/aromatic N) is 3. The molecular formula is C28H33FN4O5. The van der Waals surface area contributed by atoms with Gasteiger partial charge in [0.1, 0.15) is 11.6 Å². The lowest BCUT2D eigenvalue weighted by Crippen LogP contribution is -2.56. The number of halogens is 1. The third kappa shape index (κ3) is 5.65. The van der Waals surface area contributed by atoms with Crippen molar-refractivity contribution in [3.05, 3.63) is 76.7 Å². The van der Waals surface area contributed by atoms with E-state index < -0.39 is 17.8 Å². The van der Waals surface area contributed by atoms with E-state index in [1.54, 1.807) is 57.5 Å². The number of amides is 3. The van der Waals surface area contributed by atoms with Crippen molar-refractivity contribution in [2.45, 2.75) is 25.9 Å². The molecule has 0 aliphatic carbocycles. The van der Waals surface area contributed by atoms with E-state index in [4.69, 9.17) is 9.47 Å². The molecule has 3 amide bonds. The van der Waals surface area contributed by atoms with Crippen LogP contribution >= 0.6 is 0 Å². The quantitative estimate of drug-likeness (QED) is 0.560. The average Bonchev–Trinajstić information content (AvgIpc) is 2.91. The molecule has 10 heteroatoms. The number of rotatable bonds is 7. The van der Waals surface area contributed by atoms with Crippen molar-refractivity contribution in [2.75, 3.05) is 46.9 Å². The summed E-state index contributed by atoms with van der Waals surface area (Å²) in [4.78, 5) is 44.6. The van der Waals surface area contributed by atoms with Crippen LogP contribution in [-0.2, 0) is 9.53 Å². The zero-order valence-corrected chi connectivity index (χ0v) is 22.1. The SMILES string of the molecule is CCOC(=O)C1=C(CN2CCN(C(=O)c3ccc(OC)cc3)[C@H](C)C2)N(C)C(=O)N[C@@H]1c1ccc(F)cc1. The molecule has 2 aromatic rings. The standard InChI is InChI=1S/C28H33FN4O5/c1-5-38-27(35)24-23(31(3)28(36)30-25(24)19-6-10-21(29)11-7-19)17-32-14-15-33(18(2)16-32)26(34)20-8-12-22(37-4)13-9-20/h6-13,18,25H,5,14-17H2,1-4H3,(H,30,36)/t18-,25-/m1/s1. The third-order valence-corrected chi connectivity index (χ3v) is 6.96. The molecule has 1 fully saturated rings. The Labute approximate surface area is 221 Å². The minimum absolute atomic E-state index is 0.0585. The Hall–Kier alpha value is -3.92. The number of hydrogen-bond donors (Lipinski definition) is 1. The predicted octanol–water partition coefficient (Wildman–Crippen LogP) is 3.19. The molecule has 38 heavy (non-hydrogen) atoms. The summed E-state index contributed by atoms with van der Waals surface area (Å²) in [6, 6.07) is 11.5. The fraction of sp³-hybridized carbons (Fsp3) is 0.393. The van der Waals surface area contributed by atoms with Crippen LogP contribution in [0.1, 0.15) is 35.8 Å². The van der Waals surface area contributed by atoms with Crippen molar-refractivity contribution in [1.29, 1.82) is 0 Å².